The second-order valence-electron chi connectivity index (χ2n) is 5.75. The molecule has 1 saturated carbocycles. The first-order valence-corrected chi connectivity index (χ1v) is 6.42. The van der Waals surface area contributed by atoms with Crippen molar-refractivity contribution in [3.63, 3.8) is 0 Å². The third-order valence-corrected chi connectivity index (χ3v) is 3.78. The molecular formula is C13H26N2O. The van der Waals surface area contributed by atoms with Crippen LogP contribution in [-0.2, 0) is 4.79 Å². The molecule has 0 aromatic rings. The summed E-state index contributed by atoms with van der Waals surface area (Å²) in [4.78, 5) is 11.9. The van der Waals surface area contributed by atoms with Crippen molar-refractivity contribution in [3.8, 4) is 0 Å². The van der Waals surface area contributed by atoms with Crippen LogP contribution in [0, 0.1) is 11.3 Å². The number of amides is 1. The van der Waals surface area contributed by atoms with E-state index in [9.17, 15) is 4.79 Å². The summed E-state index contributed by atoms with van der Waals surface area (Å²) in [5, 5.41) is 6.26. The van der Waals surface area contributed by atoms with Gasteiger partial charge in [0.05, 0.1) is 0 Å². The van der Waals surface area contributed by atoms with Gasteiger partial charge in [-0.25, -0.2) is 0 Å². The van der Waals surface area contributed by atoms with Gasteiger partial charge in [-0.05, 0) is 25.3 Å². The van der Waals surface area contributed by atoms with E-state index in [0.717, 1.165) is 13.0 Å². The van der Waals surface area contributed by atoms with Gasteiger partial charge in [-0.2, -0.15) is 0 Å². The zero-order valence-corrected chi connectivity index (χ0v) is 11.1. The summed E-state index contributed by atoms with van der Waals surface area (Å²) in [5.41, 5.74) is 0.257. The van der Waals surface area contributed by atoms with E-state index in [1.54, 1.807) is 0 Å². The lowest BCUT2D eigenvalue weighted by Crippen LogP contribution is -2.49. The van der Waals surface area contributed by atoms with Crippen molar-refractivity contribution in [2.45, 2.75) is 52.5 Å². The smallest absolute Gasteiger partial charge is 0.224 e. The molecule has 1 aliphatic carbocycles. The van der Waals surface area contributed by atoms with Gasteiger partial charge in [0.2, 0.25) is 5.91 Å². The number of nitrogens with one attached hydrogen (secondary N) is 2. The highest BCUT2D eigenvalue weighted by molar-refractivity contribution is 5.78. The summed E-state index contributed by atoms with van der Waals surface area (Å²) in [7, 11) is 1.88. The molecule has 2 N–H and O–H groups in total. The van der Waals surface area contributed by atoms with Crippen LogP contribution in [0.25, 0.3) is 0 Å². The molecule has 3 nitrogen and oxygen atoms in total. The van der Waals surface area contributed by atoms with E-state index in [1.807, 2.05) is 14.0 Å². The SMILES string of the molecule is CNCC(C)C(=O)NC1CCCCC1(C)C. The largest absolute Gasteiger partial charge is 0.353 e. The first-order valence-electron chi connectivity index (χ1n) is 6.42. The van der Waals surface area contributed by atoms with Crippen molar-refractivity contribution >= 4 is 5.91 Å². The maximum Gasteiger partial charge on any atom is 0.224 e. The first-order chi connectivity index (χ1) is 7.47. The van der Waals surface area contributed by atoms with Crippen LogP contribution in [0.15, 0.2) is 0 Å². The molecule has 0 aromatic heterocycles. The van der Waals surface area contributed by atoms with E-state index in [2.05, 4.69) is 24.5 Å². The van der Waals surface area contributed by atoms with Gasteiger partial charge >= 0.3 is 0 Å². The Hall–Kier alpha value is -0.570. The lowest BCUT2D eigenvalue weighted by Gasteiger charge is -2.39. The van der Waals surface area contributed by atoms with Gasteiger partial charge in [0.25, 0.3) is 0 Å². The van der Waals surface area contributed by atoms with Gasteiger partial charge in [0.15, 0.2) is 0 Å². The summed E-state index contributed by atoms with van der Waals surface area (Å²) >= 11 is 0. The van der Waals surface area contributed by atoms with E-state index in [-0.39, 0.29) is 17.2 Å². The molecule has 0 aliphatic heterocycles. The van der Waals surface area contributed by atoms with E-state index < -0.39 is 0 Å². The minimum Gasteiger partial charge on any atom is -0.353 e. The Labute approximate surface area is 99.4 Å². The average Bonchev–Trinajstić information content (AvgIpc) is 2.21. The fourth-order valence-electron chi connectivity index (χ4n) is 2.47. The fraction of sp³-hybridized carbons (Fsp3) is 0.923. The zero-order valence-electron chi connectivity index (χ0n) is 11.1. The molecule has 1 amide bonds. The highest BCUT2D eigenvalue weighted by Gasteiger charge is 2.33. The first kappa shape index (κ1) is 13.5. The van der Waals surface area contributed by atoms with Crippen LogP contribution >= 0.6 is 0 Å². The molecule has 0 aromatic carbocycles. The van der Waals surface area contributed by atoms with Gasteiger partial charge in [0.1, 0.15) is 0 Å². The Balaban J connectivity index is 2.49. The van der Waals surface area contributed by atoms with Crippen LogP contribution < -0.4 is 10.6 Å². The second kappa shape index (κ2) is 5.67. The van der Waals surface area contributed by atoms with Gasteiger partial charge in [-0.15, -0.1) is 0 Å². The molecule has 0 saturated heterocycles. The minimum absolute atomic E-state index is 0.0581. The Morgan fingerprint density at radius 2 is 2.12 bits per heavy atom. The summed E-state index contributed by atoms with van der Waals surface area (Å²) in [6.07, 6.45) is 4.89. The quantitative estimate of drug-likeness (QED) is 0.769. The maximum absolute atomic E-state index is 11.9. The lowest BCUT2D eigenvalue weighted by atomic mass is 9.73. The normalized spacial score (nSPS) is 26.1. The number of carbonyl (C=O) groups is 1. The molecule has 94 valence electrons. The monoisotopic (exact) mass is 226 g/mol. The maximum atomic E-state index is 11.9. The van der Waals surface area contributed by atoms with Crippen LogP contribution in [0.3, 0.4) is 0 Å². The average molecular weight is 226 g/mol. The highest BCUT2D eigenvalue weighted by Crippen LogP contribution is 2.35. The van der Waals surface area contributed by atoms with Crippen LogP contribution in [0.2, 0.25) is 0 Å². The molecule has 0 radical (unpaired) electrons. The van der Waals surface area contributed by atoms with E-state index in [0.29, 0.717) is 6.04 Å². The summed E-state index contributed by atoms with van der Waals surface area (Å²) < 4.78 is 0. The Kier molecular flexibility index (Phi) is 4.78. The molecule has 3 heteroatoms. The van der Waals surface area contributed by atoms with Crippen LogP contribution in [-0.4, -0.2) is 25.5 Å². The molecule has 0 spiro atoms. The van der Waals surface area contributed by atoms with Crippen molar-refractivity contribution in [1.29, 1.82) is 0 Å². The Bertz CT molecular complexity index is 238. The predicted octanol–water partition coefficient (Wildman–Crippen LogP) is 1.93. The third-order valence-electron chi connectivity index (χ3n) is 3.78. The number of carbonyl (C=O) groups excluding carboxylic acids is 1. The van der Waals surface area contributed by atoms with Gasteiger partial charge in [0, 0.05) is 18.5 Å². The summed E-state index contributed by atoms with van der Waals surface area (Å²) in [6, 6.07) is 0.355. The molecule has 16 heavy (non-hydrogen) atoms. The molecule has 2 unspecified atom stereocenters. The van der Waals surface area contributed by atoms with Gasteiger partial charge in [-0.1, -0.05) is 33.6 Å². The predicted molar refractivity (Wildman–Crippen MR) is 67.3 cm³/mol. The van der Waals surface area contributed by atoms with Crippen LogP contribution in [0.4, 0.5) is 0 Å². The van der Waals surface area contributed by atoms with Crippen molar-refractivity contribution in [2.24, 2.45) is 11.3 Å². The fourth-order valence-corrected chi connectivity index (χ4v) is 2.47. The molecule has 0 bridgehead atoms. The number of hydrogen-bond acceptors (Lipinski definition) is 2. The van der Waals surface area contributed by atoms with Crippen molar-refractivity contribution in [1.82, 2.24) is 10.6 Å². The van der Waals surface area contributed by atoms with Crippen molar-refractivity contribution < 1.29 is 4.79 Å². The van der Waals surface area contributed by atoms with Crippen molar-refractivity contribution in [2.75, 3.05) is 13.6 Å². The minimum atomic E-state index is 0.0581. The zero-order chi connectivity index (χ0) is 12.2. The second-order valence-corrected chi connectivity index (χ2v) is 5.75. The number of hydrogen-bond donors (Lipinski definition) is 2. The molecule has 1 fully saturated rings. The van der Waals surface area contributed by atoms with E-state index in [1.165, 1.54) is 19.3 Å². The molecule has 1 rings (SSSR count). The Morgan fingerprint density at radius 3 is 2.69 bits per heavy atom. The molecular weight excluding hydrogens is 200 g/mol. The van der Waals surface area contributed by atoms with Crippen molar-refractivity contribution in [3.05, 3.63) is 0 Å². The Morgan fingerprint density at radius 1 is 1.44 bits per heavy atom. The van der Waals surface area contributed by atoms with Crippen LogP contribution in [0.1, 0.15) is 46.5 Å². The van der Waals surface area contributed by atoms with Gasteiger partial charge in [-0.3, -0.25) is 4.79 Å². The van der Waals surface area contributed by atoms with Gasteiger partial charge < -0.3 is 10.6 Å². The lowest BCUT2D eigenvalue weighted by molar-refractivity contribution is -0.126. The highest BCUT2D eigenvalue weighted by atomic mass is 16.1. The number of rotatable bonds is 4. The topological polar surface area (TPSA) is 41.1 Å². The van der Waals surface area contributed by atoms with Crippen LogP contribution in [0.5, 0.6) is 0 Å². The summed E-state index contributed by atoms with van der Waals surface area (Å²) in [6.45, 7) is 7.25. The molecule has 2 atom stereocenters. The third kappa shape index (κ3) is 3.48. The summed E-state index contributed by atoms with van der Waals surface area (Å²) in [5.74, 6) is 0.247. The molecule has 1 aliphatic rings. The van der Waals surface area contributed by atoms with E-state index in [4.69, 9.17) is 0 Å². The molecule has 0 heterocycles. The van der Waals surface area contributed by atoms with E-state index >= 15 is 0 Å². The standard InChI is InChI=1S/C13H26N2O/c1-10(9-14-4)12(16)15-11-7-5-6-8-13(11,2)3/h10-11,14H,5-9H2,1-4H3,(H,15,16).